The van der Waals surface area contributed by atoms with E-state index in [1.807, 2.05) is 6.92 Å². The molecule has 1 saturated heterocycles. The number of carboxylic acids is 1. The molecular formula is C13H18N2O5. The normalized spacial score (nSPS) is 21.7. The third-order valence-corrected chi connectivity index (χ3v) is 3.26. The van der Waals surface area contributed by atoms with Crippen molar-refractivity contribution in [3.05, 3.63) is 23.2 Å². The van der Waals surface area contributed by atoms with E-state index in [1.165, 1.54) is 6.07 Å². The first-order chi connectivity index (χ1) is 9.39. The fourth-order valence-corrected chi connectivity index (χ4v) is 2.09. The van der Waals surface area contributed by atoms with E-state index in [0.29, 0.717) is 24.7 Å². The smallest absolute Gasteiger partial charge is 0.339 e. The minimum atomic E-state index is -1.04. The lowest BCUT2D eigenvalue weighted by atomic mass is 10.0. The molecule has 7 nitrogen and oxygen atoms in total. The largest absolute Gasteiger partial charge is 0.478 e. The fourth-order valence-electron chi connectivity index (χ4n) is 2.09. The molecule has 0 spiro atoms. The van der Waals surface area contributed by atoms with Crippen molar-refractivity contribution in [1.82, 2.24) is 10.6 Å². The molecule has 0 aliphatic carbocycles. The molecule has 2 rings (SSSR count). The summed E-state index contributed by atoms with van der Waals surface area (Å²) in [6, 6.07) is 1.09. The number of rotatable bonds is 4. The Kier molecular flexibility index (Phi) is 3.99. The number of carboxylic acid groups (broad SMARTS) is 1. The number of urea groups is 1. The van der Waals surface area contributed by atoms with E-state index in [4.69, 9.17) is 14.3 Å². The van der Waals surface area contributed by atoms with Gasteiger partial charge in [-0.05, 0) is 26.3 Å². The van der Waals surface area contributed by atoms with Gasteiger partial charge in [0.1, 0.15) is 17.1 Å². The summed E-state index contributed by atoms with van der Waals surface area (Å²) in [5.41, 5.74) is -0.242. The molecule has 0 radical (unpaired) electrons. The van der Waals surface area contributed by atoms with Gasteiger partial charge in [0.25, 0.3) is 0 Å². The highest BCUT2D eigenvalue weighted by Crippen LogP contribution is 2.17. The summed E-state index contributed by atoms with van der Waals surface area (Å²) in [7, 11) is 0. The fraction of sp³-hybridized carbons (Fsp3) is 0.538. The van der Waals surface area contributed by atoms with Gasteiger partial charge in [0, 0.05) is 6.61 Å². The van der Waals surface area contributed by atoms with E-state index in [2.05, 4.69) is 10.6 Å². The molecular weight excluding hydrogens is 264 g/mol. The number of aromatic carboxylic acids is 1. The second-order valence-electron chi connectivity index (χ2n) is 5.16. The Hall–Kier alpha value is -2.02. The van der Waals surface area contributed by atoms with Crippen molar-refractivity contribution in [3.63, 3.8) is 0 Å². The van der Waals surface area contributed by atoms with Crippen molar-refractivity contribution in [1.29, 1.82) is 0 Å². The highest BCUT2D eigenvalue weighted by atomic mass is 16.5. The zero-order chi connectivity index (χ0) is 14.8. The average Bonchev–Trinajstić information content (AvgIpc) is 2.93. The maximum absolute atomic E-state index is 11.8. The third kappa shape index (κ3) is 3.30. The van der Waals surface area contributed by atoms with Gasteiger partial charge in [0.15, 0.2) is 0 Å². The van der Waals surface area contributed by atoms with Crippen molar-refractivity contribution in [2.75, 3.05) is 13.2 Å². The highest BCUT2D eigenvalue weighted by molar-refractivity contribution is 5.88. The SMILES string of the molecule is Cc1oc(CNC(=O)NC2(C)CCOC2)cc1C(=O)O. The van der Waals surface area contributed by atoms with E-state index in [-0.39, 0.29) is 23.7 Å². The van der Waals surface area contributed by atoms with Gasteiger partial charge in [-0.15, -0.1) is 0 Å². The van der Waals surface area contributed by atoms with Gasteiger partial charge in [0.05, 0.1) is 18.7 Å². The minimum absolute atomic E-state index is 0.110. The summed E-state index contributed by atoms with van der Waals surface area (Å²) < 4.78 is 10.5. The van der Waals surface area contributed by atoms with Crippen molar-refractivity contribution in [3.8, 4) is 0 Å². The van der Waals surface area contributed by atoms with Crippen LogP contribution in [-0.4, -0.2) is 35.9 Å². The number of amides is 2. The molecule has 3 N–H and O–H groups in total. The Morgan fingerprint density at radius 1 is 1.50 bits per heavy atom. The molecule has 0 bridgehead atoms. The summed E-state index contributed by atoms with van der Waals surface area (Å²) >= 11 is 0. The summed E-state index contributed by atoms with van der Waals surface area (Å²) in [6.07, 6.45) is 0.767. The zero-order valence-electron chi connectivity index (χ0n) is 11.5. The van der Waals surface area contributed by atoms with Crippen LogP contribution in [0.15, 0.2) is 10.5 Å². The average molecular weight is 282 g/mol. The van der Waals surface area contributed by atoms with Crippen LogP contribution in [0.2, 0.25) is 0 Å². The molecule has 2 amide bonds. The van der Waals surface area contributed by atoms with Gasteiger partial charge >= 0.3 is 12.0 Å². The van der Waals surface area contributed by atoms with Crippen molar-refractivity contribution >= 4 is 12.0 Å². The predicted molar refractivity (Wildman–Crippen MR) is 69.6 cm³/mol. The Morgan fingerprint density at radius 3 is 2.80 bits per heavy atom. The Bertz CT molecular complexity index is 517. The molecule has 7 heteroatoms. The minimum Gasteiger partial charge on any atom is -0.478 e. The van der Waals surface area contributed by atoms with E-state index >= 15 is 0 Å². The topological polar surface area (TPSA) is 101 Å². The number of hydrogen-bond acceptors (Lipinski definition) is 4. The Labute approximate surface area is 116 Å². The van der Waals surface area contributed by atoms with Crippen LogP contribution in [0.4, 0.5) is 4.79 Å². The van der Waals surface area contributed by atoms with Crippen molar-refractivity contribution in [2.24, 2.45) is 0 Å². The van der Waals surface area contributed by atoms with E-state index < -0.39 is 5.97 Å². The van der Waals surface area contributed by atoms with Gasteiger partial charge in [0.2, 0.25) is 0 Å². The maximum Gasteiger partial charge on any atom is 0.339 e. The van der Waals surface area contributed by atoms with E-state index in [0.717, 1.165) is 6.42 Å². The molecule has 0 saturated carbocycles. The first-order valence-corrected chi connectivity index (χ1v) is 6.36. The molecule has 1 unspecified atom stereocenters. The molecule has 2 heterocycles. The number of carbonyl (C=O) groups is 2. The van der Waals surface area contributed by atoms with Gasteiger partial charge in [-0.1, -0.05) is 0 Å². The van der Waals surface area contributed by atoms with Crippen molar-refractivity contribution in [2.45, 2.75) is 32.4 Å². The molecule has 110 valence electrons. The molecule has 1 aromatic rings. The first-order valence-electron chi connectivity index (χ1n) is 6.36. The van der Waals surface area contributed by atoms with Gasteiger partial charge in [-0.3, -0.25) is 0 Å². The van der Waals surface area contributed by atoms with E-state index in [9.17, 15) is 9.59 Å². The van der Waals surface area contributed by atoms with Crippen LogP contribution in [0.3, 0.4) is 0 Å². The molecule has 1 aromatic heterocycles. The number of carbonyl (C=O) groups excluding carboxylic acids is 1. The summed E-state index contributed by atoms with van der Waals surface area (Å²) in [6.45, 7) is 4.75. The monoisotopic (exact) mass is 282 g/mol. The molecule has 1 aliphatic heterocycles. The van der Waals surface area contributed by atoms with Gasteiger partial charge in [-0.2, -0.15) is 0 Å². The second kappa shape index (κ2) is 5.54. The molecule has 1 atom stereocenters. The van der Waals surface area contributed by atoms with Gasteiger partial charge < -0.3 is 24.9 Å². The van der Waals surface area contributed by atoms with Crippen LogP contribution < -0.4 is 10.6 Å². The second-order valence-corrected chi connectivity index (χ2v) is 5.16. The lowest BCUT2D eigenvalue weighted by Crippen LogP contribution is -2.50. The summed E-state index contributed by atoms with van der Waals surface area (Å²) in [5.74, 6) is -0.314. The number of hydrogen-bond donors (Lipinski definition) is 3. The number of furan rings is 1. The molecule has 0 aromatic carbocycles. The van der Waals surface area contributed by atoms with Crippen LogP contribution >= 0.6 is 0 Å². The van der Waals surface area contributed by atoms with Crippen molar-refractivity contribution < 1.29 is 23.8 Å². The zero-order valence-corrected chi connectivity index (χ0v) is 11.5. The van der Waals surface area contributed by atoms with Crippen LogP contribution in [0.25, 0.3) is 0 Å². The predicted octanol–water partition coefficient (Wildman–Crippen LogP) is 1.26. The Balaban J connectivity index is 1.87. The summed E-state index contributed by atoms with van der Waals surface area (Å²) in [4.78, 5) is 22.6. The standard InChI is InChI=1S/C13H18N2O5/c1-8-10(11(16)17)5-9(20-8)6-14-12(18)15-13(2)3-4-19-7-13/h5H,3-4,6-7H2,1-2H3,(H,16,17)(H2,14,15,18). The molecule has 1 fully saturated rings. The Morgan fingerprint density at radius 2 is 2.25 bits per heavy atom. The number of aryl methyl sites for hydroxylation is 1. The lowest BCUT2D eigenvalue weighted by Gasteiger charge is -2.23. The molecule has 1 aliphatic rings. The first kappa shape index (κ1) is 14.4. The van der Waals surface area contributed by atoms with Gasteiger partial charge in [-0.25, -0.2) is 9.59 Å². The lowest BCUT2D eigenvalue weighted by molar-refractivity contribution is 0.0695. The van der Waals surface area contributed by atoms with Crippen LogP contribution in [0.1, 0.15) is 35.2 Å². The molecule has 20 heavy (non-hydrogen) atoms. The maximum atomic E-state index is 11.8. The third-order valence-electron chi connectivity index (χ3n) is 3.26. The van der Waals surface area contributed by atoms with E-state index in [1.54, 1.807) is 6.92 Å². The quantitative estimate of drug-likeness (QED) is 0.772. The van der Waals surface area contributed by atoms with Crippen LogP contribution in [-0.2, 0) is 11.3 Å². The van der Waals surface area contributed by atoms with Crippen LogP contribution in [0, 0.1) is 6.92 Å². The number of ether oxygens (including phenoxy) is 1. The summed E-state index contributed by atoms with van der Waals surface area (Å²) in [5, 5.41) is 14.4. The van der Waals surface area contributed by atoms with Crippen LogP contribution in [0.5, 0.6) is 0 Å². The highest BCUT2D eigenvalue weighted by Gasteiger charge is 2.31. The number of nitrogens with one attached hydrogen (secondary N) is 2.